The molecule has 4 aromatic rings. The fraction of sp³-hybridized carbons (Fsp3) is 0.238. The molecule has 0 radical (unpaired) electrons. The summed E-state index contributed by atoms with van der Waals surface area (Å²) in [7, 11) is 0. The highest BCUT2D eigenvalue weighted by Crippen LogP contribution is 2.29. The number of fused-ring (bicyclic) bond motifs is 1. The number of carbonyl (C=O) groups is 1. The molecule has 0 saturated carbocycles. The summed E-state index contributed by atoms with van der Waals surface area (Å²) >= 11 is 0. The minimum Gasteiger partial charge on any atom is -0.378 e. The summed E-state index contributed by atoms with van der Waals surface area (Å²) in [6.07, 6.45) is -5.97. The summed E-state index contributed by atoms with van der Waals surface area (Å²) in [5, 5.41) is 15.9. The first-order chi connectivity index (χ1) is 15.1. The number of nitrogens with one attached hydrogen (secondary N) is 1. The fourth-order valence-electron chi connectivity index (χ4n) is 3.23. The van der Waals surface area contributed by atoms with Gasteiger partial charge in [-0.15, -0.1) is 0 Å². The average Bonchev–Trinajstić information content (AvgIpc) is 3.34. The van der Waals surface area contributed by atoms with Crippen LogP contribution in [0.4, 0.5) is 19.0 Å². The number of halogens is 3. The number of aliphatic hydroxyl groups is 1. The van der Waals surface area contributed by atoms with Crippen molar-refractivity contribution in [1.29, 1.82) is 0 Å². The molecule has 0 aliphatic heterocycles. The first-order valence-electron chi connectivity index (χ1n) is 9.54. The topological polar surface area (TPSA) is 106 Å². The standard InChI is InChI=1S/C21H18F3N5O3/c1-11-8-15-19(29(11)10-14-9-16(28-32-14)21(22,23)24)25-12(2)18(26-15)27-20(31)17(30)13-6-4-3-5-7-13/h3-9,17,30H,10H2,1-2H3,(H,26,27,31)/t17-/m1/s1. The zero-order valence-electron chi connectivity index (χ0n) is 17.0. The summed E-state index contributed by atoms with van der Waals surface area (Å²) in [6, 6.07) is 11.0. The van der Waals surface area contributed by atoms with E-state index >= 15 is 0 Å². The van der Waals surface area contributed by atoms with Crippen molar-refractivity contribution in [2.24, 2.45) is 0 Å². The number of aliphatic hydroxyl groups excluding tert-OH is 1. The Hall–Kier alpha value is -3.73. The molecule has 2 N–H and O–H groups in total. The lowest BCUT2D eigenvalue weighted by atomic mass is 10.1. The van der Waals surface area contributed by atoms with Gasteiger partial charge in [0.2, 0.25) is 0 Å². The molecule has 1 atom stereocenters. The molecule has 32 heavy (non-hydrogen) atoms. The highest BCUT2D eigenvalue weighted by atomic mass is 19.4. The van der Waals surface area contributed by atoms with E-state index < -0.39 is 23.9 Å². The summed E-state index contributed by atoms with van der Waals surface area (Å²) in [4.78, 5) is 21.3. The Morgan fingerprint density at radius 1 is 1.19 bits per heavy atom. The molecule has 0 fully saturated rings. The first-order valence-corrected chi connectivity index (χ1v) is 9.54. The number of rotatable bonds is 5. The van der Waals surface area contributed by atoms with Crippen LogP contribution in [0, 0.1) is 13.8 Å². The number of hydrogen-bond donors (Lipinski definition) is 2. The smallest absolute Gasteiger partial charge is 0.378 e. The van der Waals surface area contributed by atoms with Crippen molar-refractivity contribution >= 4 is 22.9 Å². The largest absolute Gasteiger partial charge is 0.436 e. The number of alkyl halides is 3. The fourth-order valence-corrected chi connectivity index (χ4v) is 3.23. The predicted octanol–water partition coefficient (Wildman–Crippen LogP) is 3.78. The van der Waals surface area contributed by atoms with E-state index in [-0.39, 0.29) is 18.1 Å². The number of benzene rings is 1. The molecule has 0 unspecified atom stereocenters. The van der Waals surface area contributed by atoms with Crippen molar-refractivity contribution in [3.8, 4) is 0 Å². The molecule has 11 heteroatoms. The van der Waals surface area contributed by atoms with Gasteiger partial charge in [-0.05, 0) is 25.5 Å². The summed E-state index contributed by atoms with van der Waals surface area (Å²) in [6.45, 7) is 3.35. The minimum absolute atomic E-state index is 0.0146. The monoisotopic (exact) mass is 445 g/mol. The summed E-state index contributed by atoms with van der Waals surface area (Å²) < 4.78 is 44.8. The quantitative estimate of drug-likeness (QED) is 0.484. The minimum atomic E-state index is -4.59. The number of hydrogen-bond acceptors (Lipinski definition) is 6. The van der Waals surface area contributed by atoms with Crippen LogP contribution in [0.5, 0.6) is 0 Å². The van der Waals surface area contributed by atoms with Crippen molar-refractivity contribution in [3.63, 3.8) is 0 Å². The molecule has 0 saturated heterocycles. The van der Waals surface area contributed by atoms with E-state index in [0.717, 1.165) is 6.07 Å². The van der Waals surface area contributed by atoms with E-state index in [0.29, 0.717) is 28.1 Å². The number of anilines is 1. The number of nitrogens with zero attached hydrogens (tertiary/aromatic N) is 4. The van der Waals surface area contributed by atoms with Gasteiger partial charge in [-0.3, -0.25) is 4.79 Å². The van der Waals surface area contributed by atoms with Crippen LogP contribution in [0.3, 0.4) is 0 Å². The van der Waals surface area contributed by atoms with Crippen molar-refractivity contribution in [2.45, 2.75) is 32.7 Å². The van der Waals surface area contributed by atoms with Crippen LogP contribution in [0.15, 0.2) is 47.0 Å². The lowest BCUT2D eigenvalue weighted by Crippen LogP contribution is -2.22. The molecule has 3 aromatic heterocycles. The van der Waals surface area contributed by atoms with E-state index in [4.69, 9.17) is 4.52 Å². The van der Waals surface area contributed by atoms with E-state index in [2.05, 4.69) is 20.4 Å². The molecular weight excluding hydrogens is 427 g/mol. The van der Waals surface area contributed by atoms with Gasteiger partial charge in [-0.1, -0.05) is 35.5 Å². The van der Waals surface area contributed by atoms with Crippen molar-refractivity contribution < 1.29 is 27.6 Å². The van der Waals surface area contributed by atoms with Crippen LogP contribution in [0.1, 0.15) is 34.5 Å². The number of carbonyl (C=O) groups excluding carboxylic acids is 1. The van der Waals surface area contributed by atoms with Crippen LogP contribution in [-0.2, 0) is 17.5 Å². The van der Waals surface area contributed by atoms with E-state index in [1.165, 1.54) is 0 Å². The Bertz CT molecular complexity index is 1280. The second-order valence-electron chi connectivity index (χ2n) is 7.22. The van der Waals surface area contributed by atoms with Crippen LogP contribution < -0.4 is 5.32 Å². The highest BCUT2D eigenvalue weighted by molar-refractivity contribution is 5.95. The average molecular weight is 445 g/mol. The van der Waals surface area contributed by atoms with Gasteiger partial charge in [0, 0.05) is 11.8 Å². The van der Waals surface area contributed by atoms with E-state index in [1.807, 2.05) is 0 Å². The Balaban J connectivity index is 1.60. The Morgan fingerprint density at radius 3 is 2.56 bits per heavy atom. The Morgan fingerprint density at radius 2 is 1.91 bits per heavy atom. The van der Waals surface area contributed by atoms with Gasteiger partial charge in [0.15, 0.2) is 29.0 Å². The third-order valence-corrected chi connectivity index (χ3v) is 4.87. The molecule has 8 nitrogen and oxygen atoms in total. The maximum Gasteiger partial charge on any atom is 0.436 e. The second-order valence-corrected chi connectivity index (χ2v) is 7.22. The third-order valence-electron chi connectivity index (χ3n) is 4.87. The SMILES string of the molecule is Cc1nc2c(cc(C)n2Cc2cc(C(F)(F)F)no2)nc1NC(=O)[C@H](O)c1ccccc1. The number of amides is 1. The van der Waals surface area contributed by atoms with Crippen molar-refractivity contribution in [1.82, 2.24) is 19.7 Å². The van der Waals surface area contributed by atoms with Crippen LogP contribution in [-0.4, -0.2) is 30.7 Å². The van der Waals surface area contributed by atoms with E-state index in [1.54, 1.807) is 54.8 Å². The third kappa shape index (κ3) is 4.19. The zero-order chi connectivity index (χ0) is 23.0. The second kappa shape index (κ2) is 8.08. The van der Waals surface area contributed by atoms with Crippen molar-refractivity contribution in [2.75, 3.05) is 5.32 Å². The normalized spacial score (nSPS) is 12.8. The van der Waals surface area contributed by atoms with Gasteiger partial charge in [0.05, 0.1) is 12.2 Å². The van der Waals surface area contributed by atoms with Crippen LogP contribution in [0.2, 0.25) is 0 Å². The Kier molecular flexibility index (Phi) is 5.43. The summed E-state index contributed by atoms with van der Waals surface area (Å²) in [5.74, 6) is -0.472. The van der Waals surface area contributed by atoms with E-state index in [9.17, 15) is 23.1 Å². The lowest BCUT2D eigenvalue weighted by Gasteiger charge is -2.13. The maximum atomic E-state index is 12.8. The van der Waals surface area contributed by atoms with Gasteiger partial charge in [0.25, 0.3) is 5.91 Å². The predicted molar refractivity (Wildman–Crippen MR) is 108 cm³/mol. The molecule has 166 valence electrons. The van der Waals surface area contributed by atoms with Gasteiger partial charge in [0.1, 0.15) is 5.52 Å². The Labute approximate surface area is 179 Å². The molecule has 0 spiro atoms. The molecule has 3 heterocycles. The maximum absolute atomic E-state index is 12.8. The van der Waals surface area contributed by atoms with Gasteiger partial charge >= 0.3 is 6.18 Å². The van der Waals surface area contributed by atoms with Crippen LogP contribution >= 0.6 is 0 Å². The number of aromatic nitrogens is 4. The van der Waals surface area contributed by atoms with Crippen molar-refractivity contribution in [3.05, 3.63) is 70.9 Å². The molecular formula is C21H18F3N5O3. The molecule has 0 bridgehead atoms. The van der Waals surface area contributed by atoms with Gasteiger partial charge in [-0.25, -0.2) is 9.97 Å². The molecule has 1 amide bonds. The summed E-state index contributed by atoms with van der Waals surface area (Å²) in [5.41, 5.74) is 1.21. The number of aryl methyl sites for hydroxylation is 2. The zero-order valence-corrected chi connectivity index (χ0v) is 17.0. The van der Waals surface area contributed by atoms with Gasteiger partial charge in [-0.2, -0.15) is 13.2 Å². The molecule has 4 rings (SSSR count). The highest BCUT2D eigenvalue weighted by Gasteiger charge is 2.35. The molecule has 1 aromatic carbocycles. The first kappa shape index (κ1) is 21.5. The van der Waals surface area contributed by atoms with Crippen LogP contribution in [0.25, 0.3) is 11.2 Å². The molecule has 0 aliphatic carbocycles. The molecule has 0 aliphatic rings. The lowest BCUT2D eigenvalue weighted by molar-refractivity contribution is -0.142. The van der Waals surface area contributed by atoms with Gasteiger partial charge < -0.3 is 19.5 Å².